The third-order valence-electron chi connectivity index (χ3n) is 1.04. The first-order valence-electron chi connectivity index (χ1n) is 2.96. The molecule has 1 rings (SSSR count). The van der Waals surface area contributed by atoms with Crippen LogP contribution in [0.25, 0.3) is 0 Å². The zero-order valence-corrected chi connectivity index (χ0v) is 10.3. The zero-order chi connectivity index (χ0) is 8.27. The summed E-state index contributed by atoms with van der Waals surface area (Å²) < 4.78 is 2.53. The van der Waals surface area contributed by atoms with Crippen LogP contribution in [0.3, 0.4) is 0 Å². The van der Waals surface area contributed by atoms with E-state index >= 15 is 0 Å². The molecular formula is C8H6ClISe. The molecule has 0 radical (unpaired) electrons. The minimum absolute atomic E-state index is 0.394. The summed E-state index contributed by atoms with van der Waals surface area (Å²) in [6.07, 6.45) is 0. The Morgan fingerprint density at radius 3 is 2.36 bits per heavy atom. The van der Waals surface area contributed by atoms with E-state index in [1.54, 1.807) is 0 Å². The monoisotopic (exact) mass is 344 g/mol. The van der Waals surface area contributed by atoms with E-state index in [-0.39, 0.29) is 0 Å². The molecule has 0 saturated heterocycles. The Kier molecular flexibility index (Phi) is 3.93. The molecule has 3 heteroatoms. The van der Waals surface area contributed by atoms with Gasteiger partial charge >= 0.3 is 92.0 Å². The summed E-state index contributed by atoms with van der Waals surface area (Å²) in [6, 6.07) is 7.93. The molecule has 0 heterocycles. The van der Waals surface area contributed by atoms with Gasteiger partial charge in [-0.25, -0.2) is 0 Å². The Balaban J connectivity index is 2.74. The third-order valence-corrected chi connectivity index (χ3v) is 3.97. The molecule has 11 heavy (non-hydrogen) atoms. The topological polar surface area (TPSA) is 0 Å². The first kappa shape index (κ1) is 9.59. The quantitative estimate of drug-likeness (QED) is 0.572. The second kappa shape index (κ2) is 4.51. The van der Waals surface area contributed by atoms with Gasteiger partial charge in [0.25, 0.3) is 0 Å². The van der Waals surface area contributed by atoms with Crippen molar-refractivity contribution in [1.82, 2.24) is 0 Å². The molecule has 1 aromatic carbocycles. The molecule has 0 bridgehead atoms. The number of rotatable bonds is 2. The fraction of sp³-hybridized carbons (Fsp3) is 0. The molecule has 0 aliphatic carbocycles. The first-order valence-corrected chi connectivity index (χ1v) is 6.13. The Morgan fingerprint density at radius 1 is 1.36 bits per heavy atom. The van der Waals surface area contributed by atoms with Gasteiger partial charge in [0.2, 0.25) is 0 Å². The normalized spacial score (nSPS) is 9.64. The molecule has 0 atom stereocenters. The Hall–Kier alpha value is 0.499. The summed E-state index contributed by atoms with van der Waals surface area (Å²) in [7, 11) is 0. The van der Waals surface area contributed by atoms with E-state index in [1.807, 2.05) is 24.3 Å². The Bertz CT molecular complexity index is 255. The molecule has 0 spiro atoms. The second-order valence-corrected chi connectivity index (χ2v) is 7.75. The fourth-order valence-electron chi connectivity index (χ4n) is 0.631. The predicted molar refractivity (Wildman–Crippen MR) is 60.0 cm³/mol. The van der Waals surface area contributed by atoms with Crippen LogP contribution >= 0.6 is 34.2 Å². The SMILES string of the molecule is C=C(I)[Se]c1ccc(Cl)cc1. The van der Waals surface area contributed by atoms with Crippen LogP contribution in [0, 0.1) is 0 Å². The molecule has 0 fully saturated rings. The van der Waals surface area contributed by atoms with Gasteiger partial charge in [-0.2, -0.15) is 0 Å². The van der Waals surface area contributed by atoms with Crippen molar-refractivity contribution >= 4 is 53.6 Å². The summed E-state index contributed by atoms with van der Waals surface area (Å²) >= 11 is 8.38. The molecule has 0 aliphatic heterocycles. The number of benzene rings is 1. The van der Waals surface area contributed by atoms with Crippen LogP contribution in [-0.4, -0.2) is 15.0 Å². The van der Waals surface area contributed by atoms with Gasteiger partial charge in [-0.1, -0.05) is 0 Å². The van der Waals surface area contributed by atoms with Crippen molar-refractivity contribution in [1.29, 1.82) is 0 Å². The number of halogens is 2. The van der Waals surface area contributed by atoms with Crippen molar-refractivity contribution in [2.45, 2.75) is 0 Å². The summed E-state index contributed by atoms with van der Waals surface area (Å²) in [5.74, 6) is 0. The van der Waals surface area contributed by atoms with E-state index in [0.29, 0.717) is 15.0 Å². The molecule has 0 saturated carbocycles. The summed E-state index contributed by atoms with van der Waals surface area (Å²) in [5, 5.41) is 0.795. The minimum atomic E-state index is 0.394. The predicted octanol–water partition coefficient (Wildman–Crippen LogP) is 2.58. The summed E-state index contributed by atoms with van der Waals surface area (Å²) in [5.41, 5.74) is 0. The van der Waals surface area contributed by atoms with Crippen molar-refractivity contribution in [2.75, 3.05) is 0 Å². The van der Waals surface area contributed by atoms with Crippen LogP contribution < -0.4 is 4.46 Å². The van der Waals surface area contributed by atoms with Gasteiger partial charge in [0.05, 0.1) is 0 Å². The summed E-state index contributed by atoms with van der Waals surface area (Å²) in [4.78, 5) is 0. The van der Waals surface area contributed by atoms with Crippen LogP contribution in [0.15, 0.2) is 33.3 Å². The average molecular weight is 343 g/mol. The van der Waals surface area contributed by atoms with E-state index in [4.69, 9.17) is 11.6 Å². The van der Waals surface area contributed by atoms with Crippen molar-refractivity contribution in [3.8, 4) is 0 Å². The van der Waals surface area contributed by atoms with E-state index in [9.17, 15) is 0 Å². The Morgan fingerprint density at radius 2 is 1.91 bits per heavy atom. The molecule has 0 nitrogen and oxygen atoms in total. The van der Waals surface area contributed by atoms with Crippen molar-refractivity contribution in [3.05, 3.63) is 38.3 Å². The standard InChI is InChI=1S/C8H6ClISe/c1-6(10)11-8-4-2-7(9)3-5-8/h2-5H,1H2. The van der Waals surface area contributed by atoms with Gasteiger partial charge in [0.1, 0.15) is 0 Å². The molecule has 0 N–H and O–H groups in total. The first-order chi connectivity index (χ1) is 5.18. The van der Waals surface area contributed by atoms with Gasteiger partial charge in [-0.05, 0) is 0 Å². The van der Waals surface area contributed by atoms with E-state index < -0.39 is 0 Å². The molecule has 0 aliphatic rings. The van der Waals surface area contributed by atoms with E-state index in [0.717, 1.165) is 5.02 Å². The fourth-order valence-corrected chi connectivity index (χ4v) is 3.19. The molecule has 0 amide bonds. The molecule has 0 aromatic heterocycles. The number of hydrogen-bond donors (Lipinski definition) is 0. The third kappa shape index (κ3) is 3.61. The van der Waals surface area contributed by atoms with Crippen LogP contribution in [0.4, 0.5) is 0 Å². The van der Waals surface area contributed by atoms with Gasteiger partial charge in [-0.15, -0.1) is 0 Å². The van der Waals surface area contributed by atoms with Crippen molar-refractivity contribution in [3.63, 3.8) is 0 Å². The second-order valence-electron chi connectivity index (χ2n) is 1.91. The molecule has 58 valence electrons. The van der Waals surface area contributed by atoms with Crippen molar-refractivity contribution < 1.29 is 0 Å². The zero-order valence-electron chi connectivity index (χ0n) is 5.68. The Labute approximate surface area is 91.3 Å². The van der Waals surface area contributed by atoms with Gasteiger partial charge < -0.3 is 0 Å². The maximum absolute atomic E-state index is 5.73. The molecule has 0 unspecified atom stereocenters. The van der Waals surface area contributed by atoms with Crippen LogP contribution in [0.5, 0.6) is 0 Å². The van der Waals surface area contributed by atoms with Gasteiger partial charge in [0.15, 0.2) is 0 Å². The van der Waals surface area contributed by atoms with E-state index in [2.05, 4.69) is 29.2 Å². The van der Waals surface area contributed by atoms with E-state index in [1.165, 1.54) is 6.94 Å². The van der Waals surface area contributed by atoms with Crippen LogP contribution in [0.1, 0.15) is 0 Å². The van der Waals surface area contributed by atoms with Crippen LogP contribution in [-0.2, 0) is 0 Å². The van der Waals surface area contributed by atoms with Gasteiger partial charge in [0, 0.05) is 0 Å². The summed E-state index contributed by atoms with van der Waals surface area (Å²) in [6.45, 7) is 3.85. The molecular weight excluding hydrogens is 337 g/mol. The van der Waals surface area contributed by atoms with Gasteiger partial charge in [-0.3, -0.25) is 0 Å². The molecule has 1 aromatic rings. The van der Waals surface area contributed by atoms with Crippen LogP contribution in [0.2, 0.25) is 5.02 Å². The number of hydrogen-bond acceptors (Lipinski definition) is 0. The van der Waals surface area contributed by atoms with Crippen molar-refractivity contribution in [2.24, 2.45) is 0 Å². The maximum atomic E-state index is 5.73. The average Bonchev–Trinajstić information content (AvgIpc) is 1.93.